The van der Waals surface area contributed by atoms with Crippen LogP contribution in [0.2, 0.25) is 0 Å². The quantitative estimate of drug-likeness (QED) is 0.458. The van der Waals surface area contributed by atoms with E-state index < -0.39 is 0 Å². The SMILES string of the molecule is CCN(CC)C(N)=NCc1cccc(C(=O)NC)c1.I. The molecule has 0 aliphatic heterocycles. The molecule has 0 bridgehead atoms. The van der Waals surface area contributed by atoms with Crippen LogP contribution in [0.3, 0.4) is 0 Å². The van der Waals surface area contributed by atoms with Gasteiger partial charge in [0.2, 0.25) is 0 Å². The van der Waals surface area contributed by atoms with E-state index in [2.05, 4.69) is 10.3 Å². The molecule has 0 atom stereocenters. The molecule has 1 rings (SSSR count). The smallest absolute Gasteiger partial charge is 0.251 e. The second kappa shape index (κ2) is 9.57. The molecule has 0 saturated carbocycles. The van der Waals surface area contributed by atoms with Crippen LogP contribution in [0.4, 0.5) is 0 Å². The largest absolute Gasteiger partial charge is 0.370 e. The van der Waals surface area contributed by atoms with E-state index in [9.17, 15) is 4.79 Å². The molecule has 20 heavy (non-hydrogen) atoms. The second-order valence-corrected chi connectivity index (χ2v) is 4.13. The van der Waals surface area contributed by atoms with E-state index in [0.29, 0.717) is 18.1 Å². The first-order chi connectivity index (χ1) is 9.12. The predicted octanol–water partition coefficient (Wildman–Crippen LogP) is 1.82. The fraction of sp³-hybridized carbons (Fsp3) is 0.429. The van der Waals surface area contributed by atoms with Gasteiger partial charge in [0.15, 0.2) is 5.96 Å². The highest BCUT2D eigenvalue weighted by atomic mass is 127. The second-order valence-electron chi connectivity index (χ2n) is 4.13. The first-order valence-corrected chi connectivity index (χ1v) is 6.48. The van der Waals surface area contributed by atoms with Gasteiger partial charge in [0.1, 0.15) is 0 Å². The lowest BCUT2D eigenvalue weighted by Crippen LogP contribution is -2.37. The fourth-order valence-corrected chi connectivity index (χ4v) is 1.78. The number of aliphatic imine (C=N–C) groups is 1. The first-order valence-electron chi connectivity index (χ1n) is 6.48. The Morgan fingerprint density at radius 3 is 2.55 bits per heavy atom. The van der Waals surface area contributed by atoms with Crippen molar-refractivity contribution in [2.24, 2.45) is 10.7 Å². The number of nitrogens with zero attached hydrogens (tertiary/aromatic N) is 2. The van der Waals surface area contributed by atoms with Gasteiger partial charge < -0.3 is 16.0 Å². The summed E-state index contributed by atoms with van der Waals surface area (Å²) < 4.78 is 0. The third-order valence-electron chi connectivity index (χ3n) is 2.93. The minimum Gasteiger partial charge on any atom is -0.370 e. The van der Waals surface area contributed by atoms with Gasteiger partial charge in [-0.2, -0.15) is 0 Å². The molecule has 0 aromatic heterocycles. The third kappa shape index (κ3) is 5.36. The highest BCUT2D eigenvalue weighted by Crippen LogP contribution is 2.07. The van der Waals surface area contributed by atoms with E-state index in [1.54, 1.807) is 13.1 Å². The Bertz CT molecular complexity index is 458. The van der Waals surface area contributed by atoms with Crippen molar-refractivity contribution < 1.29 is 4.79 Å². The van der Waals surface area contributed by atoms with Gasteiger partial charge >= 0.3 is 0 Å². The number of benzene rings is 1. The summed E-state index contributed by atoms with van der Waals surface area (Å²) in [6.45, 7) is 6.23. The molecule has 5 nitrogen and oxygen atoms in total. The monoisotopic (exact) mass is 390 g/mol. The van der Waals surface area contributed by atoms with E-state index in [4.69, 9.17) is 5.73 Å². The van der Waals surface area contributed by atoms with Crippen molar-refractivity contribution in [3.05, 3.63) is 35.4 Å². The average Bonchev–Trinajstić information content (AvgIpc) is 2.45. The van der Waals surface area contributed by atoms with Gasteiger partial charge in [-0.3, -0.25) is 4.79 Å². The summed E-state index contributed by atoms with van der Waals surface area (Å²) in [6, 6.07) is 7.39. The van der Waals surface area contributed by atoms with E-state index >= 15 is 0 Å². The Morgan fingerprint density at radius 1 is 1.35 bits per heavy atom. The van der Waals surface area contributed by atoms with Crippen LogP contribution in [0.1, 0.15) is 29.8 Å². The number of nitrogens with one attached hydrogen (secondary N) is 1. The molecule has 0 radical (unpaired) electrons. The summed E-state index contributed by atoms with van der Waals surface area (Å²) >= 11 is 0. The number of hydrogen-bond acceptors (Lipinski definition) is 2. The maximum atomic E-state index is 11.5. The number of halogens is 1. The Kier molecular flexibility index (Phi) is 8.94. The van der Waals surface area contributed by atoms with Crippen LogP contribution >= 0.6 is 24.0 Å². The van der Waals surface area contributed by atoms with Crippen LogP contribution in [0.15, 0.2) is 29.3 Å². The van der Waals surface area contributed by atoms with Crippen molar-refractivity contribution in [1.82, 2.24) is 10.2 Å². The highest BCUT2D eigenvalue weighted by Gasteiger charge is 2.04. The van der Waals surface area contributed by atoms with Crippen LogP contribution in [-0.2, 0) is 6.54 Å². The van der Waals surface area contributed by atoms with Crippen molar-refractivity contribution in [2.45, 2.75) is 20.4 Å². The maximum Gasteiger partial charge on any atom is 0.251 e. The zero-order valence-electron chi connectivity index (χ0n) is 12.2. The maximum absolute atomic E-state index is 11.5. The number of carbonyl (C=O) groups excluding carboxylic acids is 1. The van der Waals surface area contributed by atoms with E-state index in [0.717, 1.165) is 18.7 Å². The van der Waals surface area contributed by atoms with Gasteiger partial charge in [-0.05, 0) is 31.5 Å². The zero-order chi connectivity index (χ0) is 14.3. The highest BCUT2D eigenvalue weighted by molar-refractivity contribution is 14.0. The molecule has 0 saturated heterocycles. The van der Waals surface area contributed by atoms with Crippen molar-refractivity contribution in [3.63, 3.8) is 0 Å². The molecule has 0 aliphatic carbocycles. The Morgan fingerprint density at radius 2 is 2.00 bits per heavy atom. The van der Waals surface area contributed by atoms with Gasteiger partial charge in [-0.1, -0.05) is 12.1 Å². The molecule has 1 aromatic rings. The predicted molar refractivity (Wildman–Crippen MR) is 93.5 cm³/mol. The van der Waals surface area contributed by atoms with Crippen molar-refractivity contribution in [1.29, 1.82) is 0 Å². The van der Waals surface area contributed by atoms with Crippen LogP contribution in [-0.4, -0.2) is 36.9 Å². The van der Waals surface area contributed by atoms with Gasteiger partial charge in [0, 0.05) is 25.7 Å². The normalized spacial score (nSPS) is 10.7. The van der Waals surface area contributed by atoms with Crippen molar-refractivity contribution in [3.8, 4) is 0 Å². The number of guanidine groups is 1. The summed E-state index contributed by atoms with van der Waals surface area (Å²) in [6.07, 6.45) is 0. The van der Waals surface area contributed by atoms with Crippen LogP contribution in [0.25, 0.3) is 0 Å². The minimum absolute atomic E-state index is 0. The summed E-state index contributed by atoms with van der Waals surface area (Å²) in [5.74, 6) is 0.442. The molecule has 0 unspecified atom stereocenters. The van der Waals surface area contributed by atoms with Crippen LogP contribution < -0.4 is 11.1 Å². The Labute approximate surface area is 137 Å². The topological polar surface area (TPSA) is 70.7 Å². The molecule has 3 N–H and O–H groups in total. The molecular weight excluding hydrogens is 367 g/mol. The standard InChI is InChI=1S/C14H22N4O.HI/c1-4-18(5-2)14(15)17-10-11-7-6-8-12(9-11)13(19)16-3;/h6-9H,4-5,10H2,1-3H3,(H2,15,17)(H,16,19);1H. The third-order valence-corrected chi connectivity index (χ3v) is 2.93. The summed E-state index contributed by atoms with van der Waals surface area (Å²) in [7, 11) is 1.62. The number of nitrogens with two attached hydrogens (primary N) is 1. The molecule has 0 spiro atoms. The number of rotatable bonds is 5. The number of hydrogen-bond donors (Lipinski definition) is 2. The molecule has 0 fully saturated rings. The molecule has 0 aliphatic rings. The number of carbonyl (C=O) groups is 1. The van der Waals surface area contributed by atoms with Gasteiger partial charge in [0.25, 0.3) is 5.91 Å². The summed E-state index contributed by atoms with van der Waals surface area (Å²) in [5.41, 5.74) is 7.51. The molecule has 0 heterocycles. The fourth-order valence-electron chi connectivity index (χ4n) is 1.78. The summed E-state index contributed by atoms with van der Waals surface area (Å²) in [4.78, 5) is 17.9. The minimum atomic E-state index is -0.0949. The summed E-state index contributed by atoms with van der Waals surface area (Å²) in [5, 5.41) is 2.60. The molecular formula is C14H23IN4O. The molecule has 6 heteroatoms. The van der Waals surface area contributed by atoms with Crippen molar-refractivity contribution >= 4 is 35.8 Å². The molecule has 1 amide bonds. The lowest BCUT2D eigenvalue weighted by molar-refractivity contribution is 0.0963. The van der Waals surface area contributed by atoms with Gasteiger partial charge in [0.05, 0.1) is 6.54 Å². The van der Waals surface area contributed by atoms with Crippen LogP contribution in [0, 0.1) is 0 Å². The van der Waals surface area contributed by atoms with Crippen LogP contribution in [0.5, 0.6) is 0 Å². The van der Waals surface area contributed by atoms with Crippen molar-refractivity contribution in [2.75, 3.05) is 20.1 Å². The van der Waals surface area contributed by atoms with E-state index in [-0.39, 0.29) is 29.9 Å². The average molecular weight is 390 g/mol. The lowest BCUT2D eigenvalue weighted by atomic mass is 10.1. The molecule has 1 aromatic carbocycles. The lowest BCUT2D eigenvalue weighted by Gasteiger charge is -2.19. The van der Waals surface area contributed by atoms with Gasteiger partial charge in [-0.25, -0.2) is 4.99 Å². The van der Waals surface area contributed by atoms with E-state index in [1.807, 2.05) is 36.9 Å². The zero-order valence-corrected chi connectivity index (χ0v) is 14.5. The first kappa shape index (κ1) is 18.7. The Hall–Kier alpha value is -1.31. The van der Waals surface area contributed by atoms with E-state index in [1.165, 1.54) is 0 Å². The molecule has 112 valence electrons. The van der Waals surface area contributed by atoms with Gasteiger partial charge in [-0.15, -0.1) is 24.0 Å². The Balaban J connectivity index is 0.00000361. The number of amides is 1.